The summed E-state index contributed by atoms with van der Waals surface area (Å²) in [6, 6.07) is 14.8. The molecule has 1 aliphatic rings. The molecule has 6 heteroatoms. The summed E-state index contributed by atoms with van der Waals surface area (Å²) in [7, 11) is 0. The number of phenolic OH excluding ortho intramolecular Hbond substituents is 1. The molecule has 5 nitrogen and oxygen atoms in total. The molecule has 0 aromatic heterocycles. The van der Waals surface area contributed by atoms with Gasteiger partial charge < -0.3 is 15.3 Å². The van der Waals surface area contributed by atoms with Crippen LogP contribution in [0, 0.1) is 0 Å². The largest absolute Gasteiger partial charge is 0.506 e. The highest BCUT2D eigenvalue weighted by molar-refractivity contribution is 6.30. The predicted octanol–water partition coefficient (Wildman–Crippen LogP) is 3.05. The first-order chi connectivity index (χ1) is 12.5. The molecular weight excluding hydrogens is 350 g/mol. The Morgan fingerprint density at radius 1 is 1.15 bits per heavy atom. The second-order valence-electron chi connectivity index (χ2n) is 6.60. The minimum Gasteiger partial charge on any atom is -0.506 e. The Labute approximate surface area is 159 Å². The van der Waals surface area contributed by atoms with Crippen LogP contribution in [0.3, 0.4) is 0 Å². The van der Waals surface area contributed by atoms with Gasteiger partial charge in [0, 0.05) is 31.2 Å². The highest BCUT2D eigenvalue weighted by atomic mass is 35.5. The van der Waals surface area contributed by atoms with Gasteiger partial charge in [0.2, 0.25) is 5.91 Å². The van der Waals surface area contributed by atoms with E-state index >= 15 is 0 Å². The van der Waals surface area contributed by atoms with E-state index in [9.17, 15) is 9.90 Å². The van der Waals surface area contributed by atoms with E-state index in [0.29, 0.717) is 17.3 Å². The third kappa shape index (κ3) is 4.68. The number of hydrogen-bond donors (Lipinski definition) is 2. The number of halogens is 1. The number of amides is 1. The van der Waals surface area contributed by atoms with Gasteiger partial charge in [-0.2, -0.15) is 0 Å². The zero-order valence-corrected chi connectivity index (χ0v) is 15.6. The van der Waals surface area contributed by atoms with E-state index in [1.165, 1.54) is 0 Å². The van der Waals surface area contributed by atoms with Crippen molar-refractivity contribution < 1.29 is 9.90 Å². The molecule has 0 bridgehead atoms. The molecule has 138 valence electrons. The fourth-order valence-corrected chi connectivity index (χ4v) is 3.43. The van der Waals surface area contributed by atoms with Crippen LogP contribution in [0.5, 0.6) is 5.75 Å². The van der Waals surface area contributed by atoms with Crippen LogP contribution in [-0.4, -0.2) is 48.6 Å². The standard InChI is InChI=1S/C20H24ClN3O2/c1-15(16-5-4-6-17(21)13-16)22-20(26)14-23-9-11-24(12-10-23)18-7-2-3-8-19(18)25/h2-8,13,15,25H,9-12,14H2,1H3,(H,22,26). The number of benzene rings is 2. The monoisotopic (exact) mass is 373 g/mol. The number of para-hydroxylation sites is 2. The number of nitrogens with one attached hydrogen (secondary N) is 1. The summed E-state index contributed by atoms with van der Waals surface area (Å²) in [5.74, 6) is 0.308. The average Bonchev–Trinajstić information content (AvgIpc) is 2.63. The summed E-state index contributed by atoms with van der Waals surface area (Å²) in [6.45, 7) is 5.48. The zero-order chi connectivity index (χ0) is 18.5. The number of nitrogens with zero attached hydrogens (tertiary/aromatic N) is 2. The maximum absolute atomic E-state index is 12.3. The Morgan fingerprint density at radius 2 is 1.88 bits per heavy atom. The number of piperazine rings is 1. The first kappa shape index (κ1) is 18.5. The Morgan fingerprint density at radius 3 is 2.58 bits per heavy atom. The van der Waals surface area contributed by atoms with Crippen LogP contribution in [0.4, 0.5) is 5.69 Å². The van der Waals surface area contributed by atoms with Crippen molar-refractivity contribution in [3.63, 3.8) is 0 Å². The van der Waals surface area contributed by atoms with Crippen LogP contribution in [0.25, 0.3) is 0 Å². The van der Waals surface area contributed by atoms with Crippen LogP contribution < -0.4 is 10.2 Å². The normalized spacial score (nSPS) is 16.3. The molecule has 1 amide bonds. The van der Waals surface area contributed by atoms with E-state index in [0.717, 1.165) is 37.4 Å². The number of aromatic hydroxyl groups is 1. The Bertz CT molecular complexity index is 760. The Hall–Kier alpha value is -2.24. The highest BCUT2D eigenvalue weighted by Crippen LogP contribution is 2.27. The molecule has 0 aliphatic carbocycles. The van der Waals surface area contributed by atoms with Gasteiger partial charge in [-0.1, -0.05) is 35.9 Å². The molecule has 1 fully saturated rings. The molecule has 2 aromatic rings. The molecule has 0 radical (unpaired) electrons. The summed E-state index contributed by atoms with van der Waals surface area (Å²) in [5, 5.41) is 13.7. The van der Waals surface area contributed by atoms with Gasteiger partial charge in [-0.3, -0.25) is 9.69 Å². The van der Waals surface area contributed by atoms with Crippen molar-refractivity contribution in [3.8, 4) is 5.75 Å². The maximum atomic E-state index is 12.3. The first-order valence-corrected chi connectivity index (χ1v) is 9.21. The average molecular weight is 374 g/mol. The van der Waals surface area contributed by atoms with Crippen LogP contribution in [-0.2, 0) is 4.79 Å². The predicted molar refractivity (Wildman–Crippen MR) is 105 cm³/mol. The summed E-state index contributed by atoms with van der Waals surface area (Å²) in [4.78, 5) is 16.6. The fraction of sp³-hybridized carbons (Fsp3) is 0.350. The summed E-state index contributed by atoms with van der Waals surface area (Å²) >= 11 is 6.01. The second-order valence-corrected chi connectivity index (χ2v) is 7.03. The molecule has 1 atom stereocenters. The lowest BCUT2D eigenvalue weighted by Crippen LogP contribution is -2.49. The maximum Gasteiger partial charge on any atom is 0.234 e. The zero-order valence-electron chi connectivity index (χ0n) is 14.9. The Kier molecular flexibility index (Phi) is 6.01. The van der Waals surface area contributed by atoms with Gasteiger partial charge in [-0.15, -0.1) is 0 Å². The van der Waals surface area contributed by atoms with E-state index in [1.807, 2.05) is 49.4 Å². The third-order valence-electron chi connectivity index (χ3n) is 4.69. The van der Waals surface area contributed by atoms with Crippen molar-refractivity contribution in [2.24, 2.45) is 0 Å². The molecular formula is C20H24ClN3O2. The van der Waals surface area contributed by atoms with Gasteiger partial charge in [0.05, 0.1) is 18.3 Å². The molecule has 1 heterocycles. The molecule has 1 unspecified atom stereocenters. The molecule has 3 rings (SSSR count). The van der Waals surface area contributed by atoms with Crippen molar-refractivity contribution in [1.82, 2.24) is 10.2 Å². The Balaban J connectivity index is 1.48. The molecule has 2 N–H and O–H groups in total. The highest BCUT2D eigenvalue weighted by Gasteiger charge is 2.21. The van der Waals surface area contributed by atoms with Crippen LogP contribution in [0.2, 0.25) is 5.02 Å². The number of phenols is 1. The molecule has 0 spiro atoms. The topological polar surface area (TPSA) is 55.8 Å². The number of carbonyl (C=O) groups excluding carboxylic acids is 1. The lowest BCUT2D eigenvalue weighted by Gasteiger charge is -2.36. The smallest absolute Gasteiger partial charge is 0.234 e. The number of carbonyl (C=O) groups is 1. The SMILES string of the molecule is CC(NC(=O)CN1CCN(c2ccccc2O)CC1)c1cccc(Cl)c1. The van der Waals surface area contributed by atoms with Gasteiger partial charge in [0.1, 0.15) is 5.75 Å². The van der Waals surface area contributed by atoms with Crippen LogP contribution in [0.1, 0.15) is 18.5 Å². The van der Waals surface area contributed by atoms with Gasteiger partial charge in [0.15, 0.2) is 0 Å². The lowest BCUT2D eigenvalue weighted by molar-refractivity contribution is -0.123. The minimum atomic E-state index is -0.0799. The first-order valence-electron chi connectivity index (χ1n) is 8.83. The summed E-state index contributed by atoms with van der Waals surface area (Å²) in [5.41, 5.74) is 1.85. The van der Waals surface area contributed by atoms with Gasteiger partial charge in [-0.25, -0.2) is 0 Å². The summed E-state index contributed by atoms with van der Waals surface area (Å²) in [6.07, 6.45) is 0. The van der Waals surface area contributed by atoms with Crippen molar-refractivity contribution in [2.75, 3.05) is 37.6 Å². The van der Waals surface area contributed by atoms with Gasteiger partial charge in [0.25, 0.3) is 0 Å². The molecule has 0 saturated carbocycles. The summed E-state index contributed by atoms with van der Waals surface area (Å²) < 4.78 is 0. The van der Waals surface area contributed by atoms with E-state index in [-0.39, 0.29) is 11.9 Å². The number of hydrogen-bond acceptors (Lipinski definition) is 4. The lowest BCUT2D eigenvalue weighted by atomic mass is 10.1. The molecule has 1 saturated heterocycles. The van der Waals surface area contributed by atoms with Crippen molar-refractivity contribution >= 4 is 23.2 Å². The van der Waals surface area contributed by atoms with Crippen molar-refractivity contribution in [1.29, 1.82) is 0 Å². The quantitative estimate of drug-likeness (QED) is 0.845. The van der Waals surface area contributed by atoms with E-state index in [2.05, 4.69) is 15.1 Å². The van der Waals surface area contributed by atoms with Crippen molar-refractivity contribution in [3.05, 3.63) is 59.1 Å². The molecule has 26 heavy (non-hydrogen) atoms. The van der Waals surface area contributed by atoms with E-state index < -0.39 is 0 Å². The molecule has 2 aromatic carbocycles. The van der Waals surface area contributed by atoms with Crippen LogP contribution >= 0.6 is 11.6 Å². The second kappa shape index (κ2) is 8.43. The third-order valence-corrected chi connectivity index (χ3v) is 4.92. The number of anilines is 1. The van der Waals surface area contributed by atoms with E-state index in [4.69, 9.17) is 11.6 Å². The fourth-order valence-electron chi connectivity index (χ4n) is 3.23. The minimum absolute atomic E-state index is 0.00786. The number of rotatable bonds is 5. The van der Waals surface area contributed by atoms with E-state index in [1.54, 1.807) is 6.07 Å². The van der Waals surface area contributed by atoms with Gasteiger partial charge in [-0.05, 0) is 36.8 Å². The van der Waals surface area contributed by atoms with Crippen LogP contribution in [0.15, 0.2) is 48.5 Å². The van der Waals surface area contributed by atoms with Crippen molar-refractivity contribution in [2.45, 2.75) is 13.0 Å². The molecule has 1 aliphatic heterocycles. The van der Waals surface area contributed by atoms with Gasteiger partial charge >= 0.3 is 0 Å².